The molecule has 1 aromatic carbocycles. The minimum atomic E-state index is -0.351. The van der Waals surface area contributed by atoms with Gasteiger partial charge < -0.3 is 4.90 Å². The third-order valence-corrected chi connectivity index (χ3v) is 5.00. The van der Waals surface area contributed by atoms with Gasteiger partial charge in [0.25, 0.3) is 0 Å². The van der Waals surface area contributed by atoms with Gasteiger partial charge in [-0.05, 0) is 55.4 Å². The van der Waals surface area contributed by atoms with Crippen molar-refractivity contribution >= 4 is 17.7 Å². The van der Waals surface area contributed by atoms with Crippen LogP contribution in [-0.4, -0.2) is 34.9 Å². The highest BCUT2D eigenvalue weighted by Gasteiger charge is 2.59. The van der Waals surface area contributed by atoms with Crippen molar-refractivity contribution in [2.24, 2.45) is 0 Å². The quantitative estimate of drug-likeness (QED) is 0.820. The standard InChI is InChI=1S/C16H21FN2OS/c1-21-10-3-2-9-19-14(12-5-4-6-13(17)11-12)18-16(7-8-16)15(19)20/h4-6,11,14,18H,2-3,7-10H2,1H3. The highest BCUT2D eigenvalue weighted by atomic mass is 32.2. The van der Waals surface area contributed by atoms with Crippen LogP contribution in [0.5, 0.6) is 0 Å². The molecule has 3 nitrogen and oxygen atoms in total. The molecule has 1 heterocycles. The minimum Gasteiger partial charge on any atom is -0.321 e. The maximum atomic E-state index is 13.5. The fraction of sp³-hybridized carbons (Fsp3) is 0.562. The molecule has 0 aromatic heterocycles. The van der Waals surface area contributed by atoms with Crippen LogP contribution in [-0.2, 0) is 4.79 Å². The van der Waals surface area contributed by atoms with Crippen molar-refractivity contribution in [1.29, 1.82) is 0 Å². The van der Waals surface area contributed by atoms with E-state index in [1.165, 1.54) is 12.1 Å². The molecule has 1 saturated carbocycles. The van der Waals surface area contributed by atoms with Crippen molar-refractivity contribution in [2.75, 3.05) is 18.6 Å². The van der Waals surface area contributed by atoms with E-state index >= 15 is 0 Å². The summed E-state index contributed by atoms with van der Waals surface area (Å²) in [7, 11) is 0. The molecule has 1 amide bonds. The largest absolute Gasteiger partial charge is 0.321 e. The zero-order chi connectivity index (χ0) is 14.9. The number of thioether (sulfide) groups is 1. The van der Waals surface area contributed by atoms with Crippen LogP contribution in [0.1, 0.15) is 37.4 Å². The van der Waals surface area contributed by atoms with E-state index in [9.17, 15) is 9.18 Å². The van der Waals surface area contributed by atoms with E-state index in [0.717, 1.165) is 43.5 Å². The summed E-state index contributed by atoms with van der Waals surface area (Å²) >= 11 is 1.83. The highest BCUT2D eigenvalue weighted by molar-refractivity contribution is 7.98. The van der Waals surface area contributed by atoms with Gasteiger partial charge in [0, 0.05) is 6.54 Å². The van der Waals surface area contributed by atoms with Gasteiger partial charge in [0.1, 0.15) is 17.5 Å². The Morgan fingerprint density at radius 1 is 1.43 bits per heavy atom. The van der Waals surface area contributed by atoms with Crippen LogP contribution < -0.4 is 5.32 Å². The number of hydrogen-bond donors (Lipinski definition) is 1. The lowest BCUT2D eigenvalue weighted by Gasteiger charge is -2.24. The molecule has 1 saturated heterocycles. The average Bonchev–Trinajstić information content (AvgIpc) is 3.20. The van der Waals surface area contributed by atoms with Crippen LogP contribution in [0.15, 0.2) is 24.3 Å². The number of rotatable bonds is 6. The zero-order valence-electron chi connectivity index (χ0n) is 12.3. The molecule has 2 aliphatic rings. The van der Waals surface area contributed by atoms with E-state index in [4.69, 9.17) is 0 Å². The van der Waals surface area contributed by atoms with E-state index < -0.39 is 0 Å². The number of benzene rings is 1. The van der Waals surface area contributed by atoms with Crippen molar-refractivity contribution in [1.82, 2.24) is 10.2 Å². The molecule has 3 rings (SSSR count). The Bertz CT molecular complexity index is 533. The van der Waals surface area contributed by atoms with Crippen molar-refractivity contribution in [3.8, 4) is 0 Å². The van der Waals surface area contributed by atoms with Gasteiger partial charge in [-0.15, -0.1) is 0 Å². The molecular formula is C16H21FN2OS. The lowest BCUT2D eigenvalue weighted by Crippen LogP contribution is -2.33. The van der Waals surface area contributed by atoms with Gasteiger partial charge in [0.2, 0.25) is 5.91 Å². The van der Waals surface area contributed by atoms with E-state index in [1.807, 2.05) is 22.7 Å². The molecule has 1 aromatic rings. The molecule has 5 heteroatoms. The summed E-state index contributed by atoms with van der Waals surface area (Å²) in [6, 6.07) is 6.57. The molecule has 1 unspecified atom stereocenters. The second-order valence-corrected chi connectivity index (χ2v) is 6.87. The number of carbonyl (C=O) groups is 1. The predicted molar refractivity (Wildman–Crippen MR) is 83.6 cm³/mol. The number of halogens is 1. The predicted octanol–water partition coefficient (Wildman–Crippen LogP) is 2.93. The lowest BCUT2D eigenvalue weighted by molar-refractivity contribution is -0.130. The number of amides is 1. The molecule has 0 bridgehead atoms. The number of hydrogen-bond acceptors (Lipinski definition) is 3. The fourth-order valence-corrected chi connectivity index (χ4v) is 3.47. The Morgan fingerprint density at radius 3 is 2.90 bits per heavy atom. The topological polar surface area (TPSA) is 32.3 Å². The van der Waals surface area contributed by atoms with Crippen molar-refractivity contribution in [3.63, 3.8) is 0 Å². The van der Waals surface area contributed by atoms with Gasteiger partial charge in [0.05, 0.1) is 0 Å². The molecular weight excluding hydrogens is 287 g/mol. The second-order valence-electron chi connectivity index (χ2n) is 5.88. The van der Waals surface area contributed by atoms with Gasteiger partial charge in [-0.25, -0.2) is 4.39 Å². The molecule has 1 N–H and O–H groups in total. The SMILES string of the molecule is CSCCCCN1C(=O)C2(CC2)NC1c1cccc(F)c1. The summed E-state index contributed by atoms with van der Waals surface area (Å²) in [5.41, 5.74) is 0.494. The Hall–Kier alpha value is -1.07. The van der Waals surface area contributed by atoms with Crippen LogP contribution >= 0.6 is 11.8 Å². The first-order valence-corrected chi connectivity index (χ1v) is 8.89. The molecule has 0 radical (unpaired) electrons. The highest BCUT2D eigenvalue weighted by Crippen LogP contribution is 2.46. The molecule has 1 aliphatic carbocycles. The first-order chi connectivity index (χ1) is 10.2. The van der Waals surface area contributed by atoms with Crippen molar-refractivity contribution < 1.29 is 9.18 Å². The Kier molecular flexibility index (Phi) is 4.22. The van der Waals surface area contributed by atoms with Crippen LogP contribution in [0.3, 0.4) is 0 Å². The average molecular weight is 308 g/mol. The van der Waals surface area contributed by atoms with Crippen molar-refractivity contribution in [3.05, 3.63) is 35.6 Å². The van der Waals surface area contributed by atoms with Gasteiger partial charge in [-0.1, -0.05) is 12.1 Å². The van der Waals surface area contributed by atoms with Crippen LogP contribution in [0.25, 0.3) is 0 Å². The zero-order valence-corrected chi connectivity index (χ0v) is 13.1. The number of nitrogens with one attached hydrogen (secondary N) is 1. The molecule has 1 aliphatic heterocycles. The first-order valence-electron chi connectivity index (χ1n) is 7.49. The van der Waals surface area contributed by atoms with E-state index in [2.05, 4.69) is 11.6 Å². The summed E-state index contributed by atoms with van der Waals surface area (Å²) in [4.78, 5) is 14.5. The number of unbranched alkanes of at least 4 members (excludes halogenated alkanes) is 1. The van der Waals surface area contributed by atoms with Crippen LogP contribution in [0, 0.1) is 5.82 Å². The molecule has 114 valence electrons. The first kappa shape index (κ1) is 14.9. The summed E-state index contributed by atoms with van der Waals surface area (Å²) in [5.74, 6) is 1.06. The molecule has 2 fully saturated rings. The number of nitrogens with zero attached hydrogens (tertiary/aromatic N) is 1. The monoisotopic (exact) mass is 308 g/mol. The van der Waals surface area contributed by atoms with E-state index in [-0.39, 0.29) is 23.4 Å². The summed E-state index contributed by atoms with van der Waals surface area (Å²) < 4.78 is 13.5. The third-order valence-electron chi connectivity index (χ3n) is 4.31. The summed E-state index contributed by atoms with van der Waals surface area (Å²) in [6.45, 7) is 0.745. The molecule has 1 atom stereocenters. The Balaban J connectivity index is 1.75. The van der Waals surface area contributed by atoms with Gasteiger partial charge >= 0.3 is 0 Å². The minimum absolute atomic E-state index is 0.176. The second kappa shape index (κ2) is 5.97. The summed E-state index contributed by atoms with van der Waals surface area (Å²) in [5, 5.41) is 3.43. The molecule has 21 heavy (non-hydrogen) atoms. The van der Waals surface area contributed by atoms with Crippen LogP contribution in [0.2, 0.25) is 0 Å². The van der Waals surface area contributed by atoms with Crippen LogP contribution in [0.4, 0.5) is 4.39 Å². The number of carbonyl (C=O) groups excluding carboxylic acids is 1. The fourth-order valence-electron chi connectivity index (χ4n) is 2.98. The maximum Gasteiger partial charge on any atom is 0.244 e. The smallest absolute Gasteiger partial charge is 0.244 e. The Morgan fingerprint density at radius 2 is 2.24 bits per heavy atom. The van der Waals surface area contributed by atoms with Crippen molar-refractivity contribution in [2.45, 2.75) is 37.4 Å². The third kappa shape index (κ3) is 2.94. The summed E-state index contributed by atoms with van der Waals surface area (Å²) in [6.07, 6.45) is 5.82. The van der Waals surface area contributed by atoms with Gasteiger partial charge in [-0.3, -0.25) is 10.1 Å². The van der Waals surface area contributed by atoms with E-state index in [1.54, 1.807) is 6.07 Å². The normalized spacial score (nSPS) is 23.0. The lowest BCUT2D eigenvalue weighted by atomic mass is 10.1. The van der Waals surface area contributed by atoms with E-state index in [0.29, 0.717) is 0 Å². The Labute approximate surface area is 129 Å². The molecule has 1 spiro atoms. The van der Waals surface area contributed by atoms with Gasteiger partial charge in [0.15, 0.2) is 0 Å². The van der Waals surface area contributed by atoms with Gasteiger partial charge in [-0.2, -0.15) is 11.8 Å². The maximum absolute atomic E-state index is 13.5.